The van der Waals surface area contributed by atoms with E-state index in [0.717, 1.165) is 12.8 Å². The minimum Gasteiger partial charge on any atom is -0.376 e. The summed E-state index contributed by atoms with van der Waals surface area (Å²) in [5.74, 6) is 0.380. The molecular formula is C23H26N4O4S2. The minimum atomic E-state index is -0.216. The van der Waals surface area contributed by atoms with Gasteiger partial charge in [0.1, 0.15) is 15.8 Å². The summed E-state index contributed by atoms with van der Waals surface area (Å²) in [4.78, 5) is 35.6. The molecule has 2 aromatic heterocycles. The highest BCUT2D eigenvalue weighted by Crippen LogP contribution is 2.34. The molecule has 0 radical (unpaired) electrons. The lowest BCUT2D eigenvalue weighted by molar-refractivity contribution is -0.123. The SMILES string of the molecule is C[C@@H]1CN(c2nc3ccccn3c(=O)c2/C=C2\SC(=S)N(C[C@@H]3CCCO3)C2=O)C[C@H](C)O1. The second-order valence-corrected chi connectivity index (χ2v) is 10.3. The Morgan fingerprint density at radius 3 is 2.76 bits per heavy atom. The fourth-order valence-corrected chi connectivity index (χ4v) is 5.85. The molecule has 0 aromatic carbocycles. The van der Waals surface area contributed by atoms with E-state index in [2.05, 4.69) is 4.90 Å². The molecule has 8 nitrogen and oxygen atoms in total. The number of aromatic nitrogens is 2. The molecule has 3 atom stereocenters. The van der Waals surface area contributed by atoms with Crippen LogP contribution in [0.1, 0.15) is 32.3 Å². The number of carbonyl (C=O) groups excluding carboxylic acids is 1. The summed E-state index contributed by atoms with van der Waals surface area (Å²) in [6, 6.07) is 5.45. The third-order valence-electron chi connectivity index (χ3n) is 6.03. The van der Waals surface area contributed by atoms with E-state index in [-0.39, 0.29) is 29.8 Å². The Morgan fingerprint density at radius 2 is 2.03 bits per heavy atom. The summed E-state index contributed by atoms with van der Waals surface area (Å²) in [6.45, 7) is 6.40. The van der Waals surface area contributed by atoms with Crippen molar-refractivity contribution in [1.82, 2.24) is 14.3 Å². The second kappa shape index (κ2) is 9.17. The number of morpholine rings is 1. The number of fused-ring (bicyclic) bond motifs is 1. The number of thioether (sulfide) groups is 1. The molecule has 3 aliphatic rings. The van der Waals surface area contributed by atoms with Crippen molar-refractivity contribution in [2.45, 2.75) is 45.0 Å². The van der Waals surface area contributed by atoms with Crippen molar-refractivity contribution in [3.05, 3.63) is 45.2 Å². The summed E-state index contributed by atoms with van der Waals surface area (Å²) >= 11 is 6.71. The van der Waals surface area contributed by atoms with Crippen molar-refractivity contribution in [2.24, 2.45) is 0 Å². The van der Waals surface area contributed by atoms with Gasteiger partial charge in [0, 0.05) is 25.9 Å². The van der Waals surface area contributed by atoms with Crippen LogP contribution in [0.3, 0.4) is 0 Å². The molecule has 0 spiro atoms. The van der Waals surface area contributed by atoms with E-state index in [1.807, 2.05) is 26.0 Å². The van der Waals surface area contributed by atoms with Gasteiger partial charge in [0.05, 0.1) is 35.3 Å². The summed E-state index contributed by atoms with van der Waals surface area (Å²) in [7, 11) is 0. The molecule has 10 heteroatoms. The van der Waals surface area contributed by atoms with Crippen LogP contribution in [0.2, 0.25) is 0 Å². The number of anilines is 1. The van der Waals surface area contributed by atoms with Crippen molar-refractivity contribution >= 4 is 51.7 Å². The van der Waals surface area contributed by atoms with Crippen molar-refractivity contribution in [3.63, 3.8) is 0 Å². The molecule has 0 saturated carbocycles. The molecule has 2 aromatic rings. The lowest BCUT2D eigenvalue weighted by Crippen LogP contribution is -2.46. The fourth-order valence-electron chi connectivity index (χ4n) is 4.59. The second-order valence-electron chi connectivity index (χ2n) is 8.67. The van der Waals surface area contributed by atoms with Gasteiger partial charge in [-0.1, -0.05) is 30.0 Å². The monoisotopic (exact) mass is 486 g/mol. The molecule has 3 fully saturated rings. The number of ether oxygens (including phenoxy) is 2. The van der Waals surface area contributed by atoms with E-state index in [9.17, 15) is 9.59 Å². The summed E-state index contributed by atoms with van der Waals surface area (Å²) < 4.78 is 13.6. The van der Waals surface area contributed by atoms with Gasteiger partial charge in [0.2, 0.25) is 0 Å². The van der Waals surface area contributed by atoms with Crippen LogP contribution < -0.4 is 10.5 Å². The topological polar surface area (TPSA) is 76.4 Å². The van der Waals surface area contributed by atoms with Gasteiger partial charge in [-0.05, 0) is 44.9 Å². The van der Waals surface area contributed by atoms with Gasteiger partial charge in [-0.3, -0.25) is 18.9 Å². The lowest BCUT2D eigenvalue weighted by Gasteiger charge is -2.36. The number of amides is 1. The summed E-state index contributed by atoms with van der Waals surface area (Å²) in [5.41, 5.74) is 0.733. The molecule has 5 rings (SSSR count). The zero-order valence-corrected chi connectivity index (χ0v) is 20.2. The average Bonchev–Trinajstić information content (AvgIpc) is 3.39. The summed E-state index contributed by atoms with van der Waals surface area (Å²) in [5, 5.41) is 0. The first kappa shape index (κ1) is 22.5. The predicted molar refractivity (Wildman–Crippen MR) is 133 cm³/mol. The Morgan fingerprint density at radius 1 is 1.24 bits per heavy atom. The first-order valence-corrected chi connectivity index (χ1v) is 12.4. The lowest BCUT2D eigenvalue weighted by atomic mass is 10.1. The fraction of sp³-hybridized carbons (Fsp3) is 0.478. The Labute approximate surface area is 201 Å². The van der Waals surface area contributed by atoms with Gasteiger partial charge in [-0.2, -0.15) is 0 Å². The maximum atomic E-state index is 13.5. The third kappa shape index (κ3) is 4.44. The maximum absolute atomic E-state index is 13.5. The van der Waals surface area contributed by atoms with Crippen LogP contribution in [-0.2, 0) is 14.3 Å². The van der Waals surface area contributed by atoms with Crippen LogP contribution in [0.25, 0.3) is 11.7 Å². The van der Waals surface area contributed by atoms with E-state index in [1.165, 1.54) is 16.2 Å². The molecule has 3 aliphatic heterocycles. The Hall–Kier alpha value is -2.27. The van der Waals surface area contributed by atoms with Gasteiger partial charge >= 0.3 is 0 Å². The molecular weight excluding hydrogens is 460 g/mol. The predicted octanol–water partition coefficient (Wildman–Crippen LogP) is 2.69. The van der Waals surface area contributed by atoms with Crippen LogP contribution in [0.5, 0.6) is 0 Å². The van der Waals surface area contributed by atoms with Crippen molar-refractivity contribution < 1.29 is 14.3 Å². The molecule has 5 heterocycles. The molecule has 0 bridgehead atoms. The number of pyridine rings is 1. The highest BCUT2D eigenvalue weighted by molar-refractivity contribution is 8.26. The third-order valence-corrected chi connectivity index (χ3v) is 7.41. The van der Waals surface area contributed by atoms with E-state index >= 15 is 0 Å². The van der Waals surface area contributed by atoms with Crippen molar-refractivity contribution in [1.29, 1.82) is 0 Å². The molecule has 0 unspecified atom stereocenters. The molecule has 1 amide bonds. The van der Waals surface area contributed by atoms with Gasteiger partial charge < -0.3 is 14.4 Å². The highest BCUT2D eigenvalue weighted by Gasteiger charge is 2.35. The van der Waals surface area contributed by atoms with E-state index < -0.39 is 0 Å². The van der Waals surface area contributed by atoms with Crippen LogP contribution in [0, 0.1) is 0 Å². The van der Waals surface area contributed by atoms with E-state index in [1.54, 1.807) is 23.2 Å². The maximum Gasteiger partial charge on any atom is 0.267 e. The van der Waals surface area contributed by atoms with Crippen LogP contribution in [0.15, 0.2) is 34.1 Å². The molecule has 3 saturated heterocycles. The minimum absolute atomic E-state index is 0.00208. The largest absolute Gasteiger partial charge is 0.376 e. The zero-order valence-electron chi connectivity index (χ0n) is 18.6. The molecule has 0 N–H and O–H groups in total. The van der Waals surface area contributed by atoms with E-state index in [0.29, 0.717) is 52.5 Å². The van der Waals surface area contributed by atoms with Crippen LogP contribution in [-0.4, -0.2) is 69.1 Å². The normalized spacial score (nSPS) is 27.3. The molecule has 0 aliphatic carbocycles. The number of carbonyl (C=O) groups is 1. The van der Waals surface area contributed by atoms with Gasteiger partial charge in [-0.15, -0.1) is 0 Å². The first-order chi connectivity index (χ1) is 15.9. The number of hydrogen-bond donors (Lipinski definition) is 0. The van der Waals surface area contributed by atoms with Gasteiger partial charge in [-0.25, -0.2) is 4.98 Å². The Bertz CT molecular complexity index is 1180. The average molecular weight is 487 g/mol. The highest BCUT2D eigenvalue weighted by atomic mass is 32.2. The number of nitrogens with zero attached hydrogens (tertiary/aromatic N) is 4. The zero-order chi connectivity index (χ0) is 23.1. The first-order valence-electron chi connectivity index (χ1n) is 11.2. The molecule has 33 heavy (non-hydrogen) atoms. The van der Waals surface area contributed by atoms with Crippen LogP contribution in [0.4, 0.5) is 5.82 Å². The Balaban J connectivity index is 1.56. The number of rotatable bonds is 4. The van der Waals surface area contributed by atoms with Crippen molar-refractivity contribution in [3.8, 4) is 0 Å². The van der Waals surface area contributed by atoms with Gasteiger partial charge in [0.25, 0.3) is 11.5 Å². The molecule has 174 valence electrons. The Kier molecular flexibility index (Phi) is 6.26. The van der Waals surface area contributed by atoms with Crippen molar-refractivity contribution in [2.75, 3.05) is 31.1 Å². The smallest absolute Gasteiger partial charge is 0.267 e. The summed E-state index contributed by atoms with van der Waals surface area (Å²) in [6.07, 6.45) is 5.28. The quantitative estimate of drug-likeness (QED) is 0.482. The number of thiocarbonyl (C=S) groups is 1. The van der Waals surface area contributed by atoms with Crippen LogP contribution >= 0.6 is 24.0 Å². The van der Waals surface area contributed by atoms with Gasteiger partial charge in [0.15, 0.2) is 0 Å². The number of hydrogen-bond acceptors (Lipinski definition) is 8. The standard InChI is InChI=1S/C23H26N4O4S2/c1-14-11-25(12-15(2)31-14)20-17(21(28)26-8-4-3-7-19(26)24-20)10-18-22(29)27(23(32)33-18)13-16-6-5-9-30-16/h3-4,7-8,10,14-16H,5-6,9,11-13H2,1-2H3/b18-10-/t14-,15+,16-/m0/s1. The van der Waals surface area contributed by atoms with E-state index in [4.69, 9.17) is 26.7 Å².